The van der Waals surface area contributed by atoms with Crippen molar-refractivity contribution < 1.29 is 13.2 Å². The van der Waals surface area contributed by atoms with Crippen LogP contribution in [-0.2, 0) is 10.0 Å². The minimum Gasteiger partial charge on any atom is -0.495 e. The third-order valence-electron chi connectivity index (χ3n) is 3.92. The summed E-state index contributed by atoms with van der Waals surface area (Å²) in [6.45, 7) is 2.55. The van der Waals surface area contributed by atoms with Gasteiger partial charge in [-0.3, -0.25) is 0 Å². The van der Waals surface area contributed by atoms with Crippen LogP contribution in [0.2, 0.25) is 0 Å². The molecule has 1 aliphatic carbocycles. The van der Waals surface area contributed by atoms with Crippen LogP contribution in [0.15, 0.2) is 21.5 Å². The van der Waals surface area contributed by atoms with E-state index in [1.54, 1.807) is 6.07 Å². The first kappa shape index (κ1) is 15.6. The number of nitrogen functional groups attached to an aromatic ring is 1. The van der Waals surface area contributed by atoms with E-state index < -0.39 is 10.0 Å². The maximum Gasteiger partial charge on any atom is 0.244 e. The summed E-state index contributed by atoms with van der Waals surface area (Å²) in [5.41, 5.74) is 6.27. The number of nitrogens with two attached hydrogens (primary N) is 1. The van der Waals surface area contributed by atoms with Crippen LogP contribution in [0.25, 0.3) is 0 Å². The molecule has 5 nitrogen and oxygen atoms in total. The van der Waals surface area contributed by atoms with Gasteiger partial charge in [0.05, 0.1) is 7.11 Å². The Balaban J connectivity index is 2.27. The van der Waals surface area contributed by atoms with E-state index in [2.05, 4.69) is 27.6 Å². The third kappa shape index (κ3) is 3.10. The zero-order valence-corrected chi connectivity index (χ0v) is 14.0. The second kappa shape index (κ2) is 5.54. The Morgan fingerprint density at radius 3 is 2.60 bits per heavy atom. The highest BCUT2D eigenvalue weighted by molar-refractivity contribution is 9.10. The van der Waals surface area contributed by atoms with Crippen LogP contribution in [0.4, 0.5) is 5.69 Å². The average Bonchev–Trinajstić information content (AvgIpc) is 3.20. The first-order chi connectivity index (χ1) is 9.33. The monoisotopic (exact) mass is 362 g/mol. The normalized spacial score (nSPS) is 16.9. The molecule has 2 rings (SSSR count). The molecule has 1 fully saturated rings. The van der Waals surface area contributed by atoms with Crippen LogP contribution in [0.5, 0.6) is 5.75 Å². The van der Waals surface area contributed by atoms with Crippen molar-refractivity contribution in [2.75, 3.05) is 19.4 Å². The summed E-state index contributed by atoms with van der Waals surface area (Å²) in [4.78, 5) is 0.0765. The zero-order chi connectivity index (χ0) is 15.0. The van der Waals surface area contributed by atoms with Gasteiger partial charge in [0, 0.05) is 16.7 Å². The van der Waals surface area contributed by atoms with Gasteiger partial charge in [-0.15, -0.1) is 0 Å². The lowest BCUT2D eigenvalue weighted by atomic mass is 10.1. The van der Waals surface area contributed by atoms with Gasteiger partial charge in [0.15, 0.2) is 0 Å². The van der Waals surface area contributed by atoms with Crippen molar-refractivity contribution in [1.29, 1.82) is 0 Å². The predicted molar refractivity (Wildman–Crippen MR) is 82.3 cm³/mol. The molecular formula is C13H19BrN2O3S. The summed E-state index contributed by atoms with van der Waals surface area (Å²) in [6, 6.07) is 2.98. The Morgan fingerprint density at radius 2 is 2.10 bits per heavy atom. The molecule has 1 saturated carbocycles. The van der Waals surface area contributed by atoms with Crippen LogP contribution in [-0.4, -0.2) is 22.1 Å². The number of methoxy groups -OCH3 is 1. The predicted octanol–water partition coefficient (Wildman–Crippen LogP) is 2.51. The Morgan fingerprint density at radius 1 is 1.45 bits per heavy atom. The number of nitrogens with one attached hydrogen (secondary N) is 1. The molecule has 3 N–H and O–H groups in total. The molecule has 0 saturated heterocycles. The quantitative estimate of drug-likeness (QED) is 0.761. The van der Waals surface area contributed by atoms with Gasteiger partial charge in [-0.2, -0.15) is 0 Å². The molecular weight excluding hydrogens is 344 g/mol. The summed E-state index contributed by atoms with van der Waals surface area (Å²) >= 11 is 3.26. The Kier molecular flexibility index (Phi) is 4.32. The van der Waals surface area contributed by atoms with E-state index in [9.17, 15) is 8.42 Å². The molecule has 112 valence electrons. The van der Waals surface area contributed by atoms with Crippen molar-refractivity contribution in [3.63, 3.8) is 0 Å². The SMILES string of the molecule is CCC1(CNS(=O)(=O)c2cc(N)c(Br)cc2OC)CC1. The number of hydrogen-bond acceptors (Lipinski definition) is 4. The molecule has 0 heterocycles. The Bertz CT molecular complexity index is 612. The lowest BCUT2D eigenvalue weighted by Gasteiger charge is -2.16. The number of rotatable bonds is 6. The fourth-order valence-electron chi connectivity index (χ4n) is 2.08. The van der Waals surface area contributed by atoms with Gasteiger partial charge < -0.3 is 10.5 Å². The van der Waals surface area contributed by atoms with Crippen LogP contribution in [0.3, 0.4) is 0 Å². The van der Waals surface area contributed by atoms with E-state index in [1.807, 2.05) is 0 Å². The smallest absolute Gasteiger partial charge is 0.244 e. The summed E-state index contributed by atoms with van der Waals surface area (Å²) in [5.74, 6) is 0.278. The number of benzene rings is 1. The average molecular weight is 363 g/mol. The fraction of sp³-hybridized carbons (Fsp3) is 0.538. The Labute approximate surface area is 128 Å². The lowest BCUT2D eigenvalue weighted by Crippen LogP contribution is -2.30. The van der Waals surface area contributed by atoms with Crippen LogP contribution in [0, 0.1) is 5.41 Å². The lowest BCUT2D eigenvalue weighted by molar-refractivity contribution is 0.401. The van der Waals surface area contributed by atoms with E-state index in [-0.39, 0.29) is 16.1 Å². The van der Waals surface area contributed by atoms with Gasteiger partial charge in [-0.1, -0.05) is 6.92 Å². The molecule has 0 atom stereocenters. The second-order valence-electron chi connectivity index (χ2n) is 5.20. The minimum absolute atomic E-state index is 0.0765. The van der Waals surface area contributed by atoms with Gasteiger partial charge in [0.2, 0.25) is 10.0 Å². The topological polar surface area (TPSA) is 81.4 Å². The van der Waals surface area contributed by atoms with Crippen LogP contribution >= 0.6 is 15.9 Å². The largest absolute Gasteiger partial charge is 0.495 e. The summed E-state index contributed by atoms with van der Waals surface area (Å²) in [7, 11) is -2.19. The van der Waals surface area contributed by atoms with Crippen molar-refractivity contribution in [2.24, 2.45) is 5.41 Å². The van der Waals surface area contributed by atoms with Crippen LogP contribution in [0.1, 0.15) is 26.2 Å². The molecule has 0 unspecified atom stereocenters. The van der Waals surface area contributed by atoms with Gasteiger partial charge in [0.1, 0.15) is 10.6 Å². The second-order valence-corrected chi connectivity index (χ2v) is 7.79. The third-order valence-corrected chi connectivity index (χ3v) is 6.03. The van der Waals surface area contributed by atoms with E-state index in [1.165, 1.54) is 13.2 Å². The Hall–Kier alpha value is -0.790. The van der Waals surface area contributed by atoms with E-state index in [0.29, 0.717) is 16.7 Å². The van der Waals surface area contributed by atoms with Crippen molar-refractivity contribution in [2.45, 2.75) is 31.1 Å². The van der Waals surface area contributed by atoms with E-state index in [4.69, 9.17) is 10.5 Å². The van der Waals surface area contributed by atoms with Gasteiger partial charge >= 0.3 is 0 Å². The first-order valence-corrected chi connectivity index (χ1v) is 8.74. The first-order valence-electron chi connectivity index (χ1n) is 6.46. The molecule has 0 radical (unpaired) electrons. The molecule has 1 aliphatic rings. The van der Waals surface area contributed by atoms with Gasteiger partial charge in [-0.25, -0.2) is 13.1 Å². The van der Waals surface area contributed by atoms with Crippen molar-refractivity contribution in [3.8, 4) is 5.75 Å². The molecule has 0 aliphatic heterocycles. The molecule has 1 aromatic carbocycles. The minimum atomic E-state index is -3.62. The van der Waals surface area contributed by atoms with Crippen molar-refractivity contribution >= 4 is 31.6 Å². The molecule has 0 spiro atoms. The number of hydrogen-bond donors (Lipinski definition) is 2. The number of ether oxygens (including phenoxy) is 1. The highest BCUT2D eigenvalue weighted by Gasteiger charge is 2.41. The molecule has 1 aromatic rings. The maximum absolute atomic E-state index is 12.4. The van der Waals surface area contributed by atoms with Gasteiger partial charge in [-0.05, 0) is 52.7 Å². The zero-order valence-electron chi connectivity index (χ0n) is 11.6. The molecule has 7 heteroatoms. The van der Waals surface area contributed by atoms with E-state index in [0.717, 1.165) is 19.3 Å². The van der Waals surface area contributed by atoms with Gasteiger partial charge in [0.25, 0.3) is 0 Å². The molecule has 0 bridgehead atoms. The number of halogens is 1. The maximum atomic E-state index is 12.4. The fourth-order valence-corrected chi connectivity index (χ4v) is 3.74. The standard InChI is InChI=1S/C13H19BrN2O3S/c1-3-13(4-5-13)8-16-20(17,18)12-7-10(15)9(14)6-11(12)19-2/h6-7,16H,3-5,8,15H2,1-2H3. The van der Waals surface area contributed by atoms with Crippen LogP contribution < -0.4 is 15.2 Å². The van der Waals surface area contributed by atoms with Crippen molar-refractivity contribution in [3.05, 3.63) is 16.6 Å². The molecule has 0 aromatic heterocycles. The summed E-state index contributed by atoms with van der Waals surface area (Å²) in [5, 5.41) is 0. The number of sulfonamides is 1. The van der Waals surface area contributed by atoms with Crippen molar-refractivity contribution in [1.82, 2.24) is 4.72 Å². The molecule has 0 amide bonds. The highest BCUT2D eigenvalue weighted by Crippen LogP contribution is 2.48. The van der Waals surface area contributed by atoms with E-state index >= 15 is 0 Å². The molecule has 20 heavy (non-hydrogen) atoms. The highest BCUT2D eigenvalue weighted by atomic mass is 79.9. The summed E-state index contributed by atoms with van der Waals surface area (Å²) < 4.78 is 33.2. The number of anilines is 1. The summed E-state index contributed by atoms with van der Waals surface area (Å²) in [6.07, 6.45) is 3.13.